The van der Waals surface area contributed by atoms with Gasteiger partial charge in [-0.25, -0.2) is 0 Å². The lowest BCUT2D eigenvalue weighted by Crippen LogP contribution is -2.53. The number of rotatable bonds is 2. The molecule has 0 aliphatic carbocycles. The number of carbonyl (C=O) groups is 1. The van der Waals surface area contributed by atoms with Crippen LogP contribution in [0.15, 0.2) is 64.5 Å². The van der Waals surface area contributed by atoms with Gasteiger partial charge in [0, 0.05) is 23.5 Å². The Hall–Kier alpha value is -3.50. The minimum absolute atomic E-state index is 0.242. The lowest BCUT2D eigenvalue weighted by Gasteiger charge is -2.30. The Morgan fingerprint density at radius 1 is 1.09 bits per heavy atom. The molecule has 32 heavy (non-hydrogen) atoms. The molecule has 10 heteroatoms. The van der Waals surface area contributed by atoms with Gasteiger partial charge in [-0.1, -0.05) is 47.7 Å². The number of nitrogens with zero attached hydrogens (tertiary/aromatic N) is 4. The predicted octanol–water partition coefficient (Wildman–Crippen LogP) is 1.15. The molecule has 1 aromatic heterocycles. The van der Waals surface area contributed by atoms with E-state index in [1.807, 2.05) is 71.3 Å². The van der Waals surface area contributed by atoms with Crippen LogP contribution in [-0.4, -0.2) is 33.2 Å². The first kappa shape index (κ1) is 19.2. The van der Waals surface area contributed by atoms with Gasteiger partial charge in [-0.05, 0) is 37.3 Å². The molecule has 4 heterocycles. The van der Waals surface area contributed by atoms with Crippen LogP contribution in [0.4, 0.5) is 11.4 Å². The molecule has 0 radical (unpaired) electrons. The number of anilines is 2. The summed E-state index contributed by atoms with van der Waals surface area (Å²) in [6, 6.07) is 17.2. The number of aromatic nitrogens is 1. The van der Waals surface area contributed by atoms with E-state index in [0.29, 0.717) is 32.3 Å². The summed E-state index contributed by atoms with van der Waals surface area (Å²) in [5.41, 5.74) is 5.68. The van der Waals surface area contributed by atoms with Crippen LogP contribution in [0.3, 0.4) is 0 Å². The van der Waals surface area contributed by atoms with Crippen molar-refractivity contribution in [3.8, 4) is 0 Å². The molecule has 3 aliphatic rings. The van der Waals surface area contributed by atoms with E-state index in [4.69, 9.17) is 12.2 Å². The van der Waals surface area contributed by atoms with Crippen LogP contribution in [-0.2, 0) is 4.79 Å². The second-order valence-corrected chi connectivity index (χ2v) is 8.98. The highest BCUT2D eigenvalue weighted by Gasteiger charge is 2.47. The first-order chi connectivity index (χ1) is 15.6. The summed E-state index contributed by atoms with van der Waals surface area (Å²) < 4.78 is 2.04. The van der Waals surface area contributed by atoms with Crippen LogP contribution in [0.5, 0.6) is 0 Å². The van der Waals surface area contributed by atoms with E-state index < -0.39 is 6.17 Å². The number of para-hydroxylation sites is 2. The molecule has 160 valence electrons. The predicted molar refractivity (Wildman–Crippen MR) is 127 cm³/mol. The van der Waals surface area contributed by atoms with E-state index in [1.165, 1.54) is 11.3 Å². The molecule has 2 unspecified atom stereocenters. The molecule has 1 fully saturated rings. The number of hydrogen-bond donors (Lipinski definition) is 2. The van der Waals surface area contributed by atoms with E-state index in [1.54, 1.807) is 4.57 Å². The Balaban J connectivity index is 1.61. The number of carbonyl (C=O) groups excluding carboxylic acids is 1. The zero-order valence-electron chi connectivity index (χ0n) is 17.0. The van der Waals surface area contributed by atoms with Gasteiger partial charge in [0.05, 0.1) is 5.57 Å². The number of thiazole rings is 1. The van der Waals surface area contributed by atoms with Crippen molar-refractivity contribution in [3.05, 3.63) is 79.8 Å². The first-order valence-corrected chi connectivity index (χ1v) is 11.5. The Morgan fingerprint density at radius 2 is 1.84 bits per heavy atom. The molecule has 0 saturated carbocycles. The Morgan fingerprint density at radius 3 is 2.62 bits per heavy atom. The molecule has 3 aliphatic heterocycles. The van der Waals surface area contributed by atoms with Gasteiger partial charge in [-0.3, -0.25) is 24.5 Å². The maximum absolute atomic E-state index is 13.8. The fraction of sp³-hybridized carbons (Fsp3) is 0.182. The molecule has 1 saturated heterocycles. The summed E-state index contributed by atoms with van der Waals surface area (Å²) in [7, 11) is 0. The standard InChI is InChI=1S/C22H18N6O2S2/c1-2-26-17-19(27(22(26)31)12-8-4-3-5-9-12)28-20(30)16(32-21(28)25-24-17)15-13-10-6-7-11-14(13)23-18(15)29/h3-11,17,19,24H,2H2,1H3,(H,23,29)/b16-15-. The largest absolute Gasteiger partial charge is 0.324 e. The van der Waals surface area contributed by atoms with E-state index in [9.17, 15) is 9.59 Å². The second kappa shape index (κ2) is 7.01. The summed E-state index contributed by atoms with van der Waals surface area (Å²) >= 11 is 7.02. The summed E-state index contributed by atoms with van der Waals surface area (Å²) in [5.74, 6) is -0.274. The topological polar surface area (TPSA) is 82.0 Å². The summed E-state index contributed by atoms with van der Waals surface area (Å²) in [5, 5.41) is 7.97. The molecule has 2 aromatic carbocycles. The van der Waals surface area contributed by atoms with E-state index in [-0.39, 0.29) is 17.6 Å². The number of amides is 1. The van der Waals surface area contributed by atoms with E-state index in [0.717, 1.165) is 11.3 Å². The summed E-state index contributed by atoms with van der Waals surface area (Å²) in [6.45, 7) is 2.69. The minimum Gasteiger partial charge on any atom is -0.324 e. The third-order valence-electron chi connectivity index (χ3n) is 5.98. The highest BCUT2D eigenvalue weighted by Crippen LogP contribution is 2.35. The van der Waals surface area contributed by atoms with Crippen LogP contribution in [0, 0.1) is 0 Å². The van der Waals surface area contributed by atoms with Crippen molar-refractivity contribution in [1.82, 2.24) is 14.9 Å². The maximum Gasteiger partial charge on any atom is 0.273 e. The summed E-state index contributed by atoms with van der Waals surface area (Å²) in [4.78, 5) is 31.1. The Bertz CT molecular complexity index is 1460. The molecule has 0 spiro atoms. The van der Waals surface area contributed by atoms with Gasteiger partial charge < -0.3 is 10.2 Å². The summed E-state index contributed by atoms with van der Waals surface area (Å²) in [6.07, 6.45) is -0.717. The quantitative estimate of drug-likeness (QED) is 0.556. The van der Waals surface area contributed by atoms with Crippen LogP contribution in [0.1, 0.15) is 18.7 Å². The first-order valence-electron chi connectivity index (χ1n) is 10.2. The number of benzene rings is 2. The number of nitrogens with one attached hydrogen (secondary N) is 2. The van der Waals surface area contributed by atoms with Crippen molar-refractivity contribution in [1.29, 1.82) is 0 Å². The average Bonchev–Trinajstić information content (AvgIpc) is 3.41. The van der Waals surface area contributed by atoms with Crippen LogP contribution >= 0.6 is 23.6 Å². The fourth-order valence-corrected chi connectivity index (χ4v) is 6.08. The minimum atomic E-state index is -0.421. The number of fused-ring (bicyclic) bond motifs is 4. The molecule has 3 aromatic rings. The van der Waals surface area contributed by atoms with E-state index >= 15 is 0 Å². The zero-order chi connectivity index (χ0) is 22.0. The van der Waals surface area contributed by atoms with Crippen LogP contribution in [0.25, 0.3) is 5.57 Å². The molecule has 2 atom stereocenters. The van der Waals surface area contributed by atoms with Crippen molar-refractivity contribution in [2.45, 2.75) is 19.3 Å². The van der Waals surface area contributed by atoms with Crippen molar-refractivity contribution in [3.63, 3.8) is 0 Å². The molecular weight excluding hydrogens is 444 g/mol. The van der Waals surface area contributed by atoms with Gasteiger partial charge >= 0.3 is 0 Å². The Kier molecular flexibility index (Phi) is 4.21. The SMILES string of the molecule is CCN1C(=S)N(c2ccccc2)C2C1NN=c1s/c(=C3\C(=O)Nc4ccccc43)c(=O)n12. The third kappa shape index (κ3) is 2.53. The maximum atomic E-state index is 13.8. The highest BCUT2D eigenvalue weighted by atomic mass is 32.1. The lowest BCUT2D eigenvalue weighted by atomic mass is 10.1. The Labute approximate surface area is 192 Å². The van der Waals surface area contributed by atoms with Gasteiger partial charge in [0.2, 0.25) is 4.80 Å². The van der Waals surface area contributed by atoms with Gasteiger partial charge in [0.25, 0.3) is 11.5 Å². The van der Waals surface area contributed by atoms with Crippen LogP contribution in [0.2, 0.25) is 0 Å². The molecule has 2 N–H and O–H groups in total. The fourth-order valence-electron chi connectivity index (χ4n) is 4.56. The third-order valence-corrected chi connectivity index (χ3v) is 7.46. The van der Waals surface area contributed by atoms with Crippen LogP contribution < -0.4 is 30.5 Å². The molecule has 1 amide bonds. The van der Waals surface area contributed by atoms with Crippen molar-refractivity contribution >= 4 is 51.5 Å². The zero-order valence-corrected chi connectivity index (χ0v) is 18.6. The smallest absolute Gasteiger partial charge is 0.273 e. The van der Waals surface area contributed by atoms with Crippen molar-refractivity contribution in [2.24, 2.45) is 5.10 Å². The number of likely N-dealkylation sites (N-methyl/N-ethyl adjacent to an activating group) is 1. The molecular formula is C22H18N6O2S2. The number of thiocarbonyl (C=S) groups is 1. The monoisotopic (exact) mass is 462 g/mol. The highest BCUT2D eigenvalue weighted by molar-refractivity contribution is 7.80. The normalized spacial score (nSPS) is 22.7. The van der Waals surface area contributed by atoms with Gasteiger partial charge in [-0.2, -0.15) is 0 Å². The van der Waals surface area contributed by atoms with E-state index in [2.05, 4.69) is 15.8 Å². The average molecular weight is 463 g/mol. The molecule has 6 rings (SSSR count). The number of hydrogen-bond acceptors (Lipinski definition) is 6. The molecule has 0 bridgehead atoms. The van der Waals surface area contributed by atoms with Gasteiger partial charge in [0.1, 0.15) is 4.53 Å². The van der Waals surface area contributed by atoms with Crippen molar-refractivity contribution in [2.75, 3.05) is 16.8 Å². The second-order valence-electron chi connectivity index (χ2n) is 7.64. The van der Waals surface area contributed by atoms with Gasteiger partial charge in [0.15, 0.2) is 17.4 Å². The molecule has 8 nitrogen and oxygen atoms in total. The lowest BCUT2D eigenvalue weighted by molar-refractivity contribution is -0.110. The van der Waals surface area contributed by atoms with Gasteiger partial charge in [-0.15, -0.1) is 5.10 Å². The van der Waals surface area contributed by atoms with Crippen molar-refractivity contribution < 1.29 is 4.79 Å².